The molecule has 80 valence electrons. The van der Waals surface area contributed by atoms with Crippen LogP contribution in [0, 0.1) is 5.92 Å². The second-order valence-electron chi connectivity index (χ2n) is 3.42. The predicted octanol–water partition coefficient (Wildman–Crippen LogP) is 3.62. The summed E-state index contributed by atoms with van der Waals surface area (Å²) in [7, 11) is 0. The largest absolute Gasteiger partial charge is 0.371 e. The Morgan fingerprint density at radius 2 is 2.29 bits per heavy atom. The predicted molar refractivity (Wildman–Crippen MR) is 60.9 cm³/mol. The van der Waals surface area contributed by atoms with E-state index < -0.39 is 0 Å². The Morgan fingerprint density at radius 1 is 1.57 bits per heavy atom. The minimum Gasteiger partial charge on any atom is -0.371 e. The van der Waals surface area contributed by atoms with Crippen LogP contribution in [0.25, 0.3) is 0 Å². The quantitative estimate of drug-likeness (QED) is 0.725. The molecule has 1 rings (SSSR count). The molecule has 1 aromatic rings. The van der Waals surface area contributed by atoms with E-state index in [2.05, 4.69) is 18.8 Å². The van der Waals surface area contributed by atoms with E-state index in [1.165, 1.54) is 0 Å². The zero-order valence-electron chi connectivity index (χ0n) is 8.79. The Bertz CT molecular complexity index is 275. The van der Waals surface area contributed by atoms with Gasteiger partial charge in [-0.05, 0) is 12.8 Å². The summed E-state index contributed by atoms with van der Waals surface area (Å²) < 4.78 is 5.65. The van der Waals surface area contributed by atoms with Gasteiger partial charge in [0.05, 0.1) is 5.88 Å². The Balaban J connectivity index is 2.76. The molecule has 1 heterocycles. The number of ether oxygens (including phenoxy) is 1. The number of halogens is 1. The molecular weight excluding hydrogens is 218 g/mol. The van der Waals surface area contributed by atoms with Gasteiger partial charge >= 0.3 is 0 Å². The van der Waals surface area contributed by atoms with Gasteiger partial charge in [0, 0.05) is 17.7 Å². The number of nitrogens with zero attached hydrogens (tertiary/aromatic N) is 1. The molecule has 0 aliphatic carbocycles. The van der Waals surface area contributed by atoms with Gasteiger partial charge in [0.25, 0.3) is 0 Å². The molecule has 1 unspecified atom stereocenters. The highest BCUT2D eigenvalue weighted by molar-refractivity contribution is 7.11. The van der Waals surface area contributed by atoms with Gasteiger partial charge in [-0.3, -0.25) is 0 Å². The van der Waals surface area contributed by atoms with Crippen LogP contribution in [0.4, 0.5) is 0 Å². The average Bonchev–Trinajstić information content (AvgIpc) is 2.61. The summed E-state index contributed by atoms with van der Waals surface area (Å²) in [6, 6.07) is 0. The van der Waals surface area contributed by atoms with Crippen molar-refractivity contribution in [3.05, 3.63) is 16.1 Å². The van der Waals surface area contributed by atoms with Crippen molar-refractivity contribution in [1.29, 1.82) is 0 Å². The van der Waals surface area contributed by atoms with Crippen LogP contribution in [0.2, 0.25) is 0 Å². The third-order valence-corrected chi connectivity index (χ3v) is 3.40. The Hall–Kier alpha value is -0.120. The number of hydrogen-bond acceptors (Lipinski definition) is 3. The van der Waals surface area contributed by atoms with E-state index in [-0.39, 0.29) is 6.10 Å². The van der Waals surface area contributed by atoms with Crippen molar-refractivity contribution in [2.45, 2.75) is 32.8 Å². The minimum absolute atomic E-state index is 0.113. The molecular formula is C10H16ClNOS. The van der Waals surface area contributed by atoms with E-state index in [1.807, 2.05) is 13.1 Å². The summed E-state index contributed by atoms with van der Waals surface area (Å²) in [5, 5.41) is 1.04. The molecule has 1 atom stereocenters. The van der Waals surface area contributed by atoms with Crippen molar-refractivity contribution in [3.8, 4) is 0 Å². The smallest absolute Gasteiger partial charge is 0.122 e. The summed E-state index contributed by atoms with van der Waals surface area (Å²) in [4.78, 5) is 5.44. The molecule has 0 saturated carbocycles. The number of rotatable bonds is 5. The molecule has 4 heteroatoms. The van der Waals surface area contributed by atoms with Gasteiger partial charge in [-0.25, -0.2) is 4.98 Å². The van der Waals surface area contributed by atoms with Gasteiger partial charge < -0.3 is 4.74 Å². The molecule has 14 heavy (non-hydrogen) atoms. The summed E-state index contributed by atoms with van der Waals surface area (Å²) >= 11 is 7.37. The summed E-state index contributed by atoms with van der Waals surface area (Å²) in [5.41, 5.74) is 0. The first kappa shape index (κ1) is 12.0. The molecule has 0 aromatic carbocycles. The van der Waals surface area contributed by atoms with Crippen molar-refractivity contribution in [2.75, 3.05) is 6.61 Å². The Labute approximate surface area is 94.3 Å². The lowest BCUT2D eigenvalue weighted by Gasteiger charge is -2.17. The third kappa shape index (κ3) is 2.94. The van der Waals surface area contributed by atoms with Crippen LogP contribution in [0.3, 0.4) is 0 Å². The van der Waals surface area contributed by atoms with Crippen LogP contribution in [0.5, 0.6) is 0 Å². The van der Waals surface area contributed by atoms with Crippen LogP contribution in [-0.4, -0.2) is 11.6 Å². The second kappa shape index (κ2) is 5.69. The zero-order valence-corrected chi connectivity index (χ0v) is 10.4. The maximum Gasteiger partial charge on any atom is 0.122 e. The molecule has 0 fully saturated rings. The Kier molecular flexibility index (Phi) is 4.85. The fraction of sp³-hybridized carbons (Fsp3) is 0.700. The van der Waals surface area contributed by atoms with Gasteiger partial charge in [0.1, 0.15) is 11.1 Å². The molecule has 0 spiro atoms. The van der Waals surface area contributed by atoms with Crippen LogP contribution < -0.4 is 0 Å². The van der Waals surface area contributed by atoms with E-state index in [4.69, 9.17) is 16.3 Å². The van der Waals surface area contributed by atoms with E-state index in [0.717, 1.165) is 16.5 Å². The zero-order chi connectivity index (χ0) is 10.6. The highest BCUT2D eigenvalue weighted by atomic mass is 35.5. The normalized spacial score (nSPS) is 13.5. The van der Waals surface area contributed by atoms with Gasteiger partial charge in [-0.1, -0.05) is 13.8 Å². The first-order chi connectivity index (χ1) is 6.69. The lowest BCUT2D eigenvalue weighted by molar-refractivity contribution is 0.0293. The van der Waals surface area contributed by atoms with Gasteiger partial charge in [-0.15, -0.1) is 22.9 Å². The fourth-order valence-corrected chi connectivity index (χ4v) is 2.47. The number of alkyl halides is 1. The lowest BCUT2D eigenvalue weighted by Crippen LogP contribution is -2.10. The van der Waals surface area contributed by atoms with Crippen LogP contribution >= 0.6 is 22.9 Å². The first-order valence-corrected chi connectivity index (χ1v) is 6.16. The van der Waals surface area contributed by atoms with Crippen molar-refractivity contribution in [3.63, 3.8) is 0 Å². The maximum absolute atomic E-state index is 5.73. The molecule has 2 nitrogen and oxygen atoms in total. The topological polar surface area (TPSA) is 22.1 Å². The van der Waals surface area contributed by atoms with Gasteiger partial charge in [-0.2, -0.15) is 0 Å². The van der Waals surface area contributed by atoms with Crippen molar-refractivity contribution >= 4 is 22.9 Å². The second-order valence-corrected chi connectivity index (χ2v) is 4.83. The number of aromatic nitrogens is 1. The molecule has 0 aliphatic heterocycles. The molecule has 0 N–H and O–H groups in total. The van der Waals surface area contributed by atoms with Crippen LogP contribution in [-0.2, 0) is 10.6 Å². The summed E-state index contributed by atoms with van der Waals surface area (Å²) in [6.45, 7) is 7.01. The van der Waals surface area contributed by atoms with Crippen LogP contribution in [0.1, 0.15) is 36.8 Å². The Morgan fingerprint density at radius 3 is 2.71 bits per heavy atom. The number of hydrogen-bond donors (Lipinski definition) is 0. The highest BCUT2D eigenvalue weighted by Gasteiger charge is 2.19. The van der Waals surface area contributed by atoms with Crippen molar-refractivity contribution < 1.29 is 4.74 Å². The van der Waals surface area contributed by atoms with E-state index in [0.29, 0.717) is 11.8 Å². The SMILES string of the molecule is CCOC(c1ncc(CCl)s1)C(C)C. The molecule has 0 radical (unpaired) electrons. The minimum atomic E-state index is 0.113. The molecule has 0 amide bonds. The average molecular weight is 234 g/mol. The van der Waals surface area contributed by atoms with Gasteiger partial charge in [0.2, 0.25) is 0 Å². The molecule has 1 aromatic heterocycles. The van der Waals surface area contributed by atoms with Crippen molar-refractivity contribution in [2.24, 2.45) is 5.92 Å². The van der Waals surface area contributed by atoms with Crippen LogP contribution in [0.15, 0.2) is 6.20 Å². The molecule has 0 saturated heterocycles. The highest BCUT2D eigenvalue weighted by Crippen LogP contribution is 2.29. The standard InChI is InChI=1S/C10H16ClNOS/c1-4-13-9(7(2)3)10-12-6-8(5-11)14-10/h6-7,9H,4-5H2,1-3H3. The first-order valence-electron chi connectivity index (χ1n) is 4.81. The molecule has 0 bridgehead atoms. The van der Waals surface area contributed by atoms with E-state index in [1.54, 1.807) is 11.3 Å². The number of thiazole rings is 1. The summed E-state index contributed by atoms with van der Waals surface area (Å²) in [5.74, 6) is 0.985. The fourth-order valence-electron chi connectivity index (χ4n) is 1.24. The molecule has 0 aliphatic rings. The monoisotopic (exact) mass is 233 g/mol. The lowest BCUT2D eigenvalue weighted by atomic mass is 10.1. The third-order valence-electron chi connectivity index (χ3n) is 1.90. The van der Waals surface area contributed by atoms with E-state index >= 15 is 0 Å². The summed E-state index contributed by atoms with van der Waals surface area (Å²) in [6.07, 6.45) is 1.95. The van der Waals surface area contributed by atoms with Gasteiger partial charge in [0.15, 0.2) is 0 Å². The van der Waals surface area contributed by atoms with E-state index in [9.17, 15) is 0 Å². The maximum atomic E-state index is 5.73. The van der Waals surface area contributed by atoms with Crippen molar-refractivity contribution in [1.82, 2.24) is 4.98 Å².